The molecule has 0 heterocycles. The van der Waals surface area contributed by atoms with Crippen LogP contribution in [-0.2, 0) is 9.59 Å². The maximum absolute atomic E-state index is 12.9. The lowest BCUT2D eigenvalue weighted by Crippen LogP contribution is -2.32. The fourth-order valence-electron chi connectivity index (χ4n) is 2.77. The van der Waals surface area contributed by atoms with Gasteiger partial charge in [-0.15, -0.1) is 0 Å². The number of anilines is 1. The summed E-state index contributed by atoms with van der Waals surface area (Å²) in [5.41, 5.74) is 0.511. The van der Waals surface area contributed by atoms with E-state index in [9.17, 15) is 9.59 Å². The number of carbonyl (C=O) groups is 2. The van der Waals surface area contributed by atoms with Crippen molar-refractivity contribution >= 4 is 34.7 Å². The third-order valence-electron chi connectivity index (χ3n) is 4.20. The average Bonchev–Trinajstić information content (AvgIpc) is 2.76. The quantitative estimate of drug-likeness (QED) is 0.377. The Morgan fingerprint density at radius 1 is 1.03 bits per heavy atom. The first-order chi connectivity index (χ1) is 15.4. The molecule has 172 valence electrons. The van der Waals surface area contributed by atoms with Crippen LogP contribution in [0.1, 0.15) is 20.8 Å². The van der Waals surface area contributed by atoms with E-state index in [-0.39, 0.29) is 16.5 Å². The fourth-order valence-corrected chi connectivity index (χ4v) is 3.00. The lowest BCUT2D eigenvalue weighted by atomic mass is 10.2. The molecule has 2 aromatic carbocycles. The minimum Gasteiger partial charge on any atom is -0.494 e. The lowest BCUT2D eigenvalue weighted by Gasteiger charge is -2.16. The molecule has 0 bridgehead atoms. The molecule has 0 saturated carbocycles. The molecular formula is C22H26ClN3O6. The van der Waals surface area contributed by atoms with Crippen molar-refractivity contribution in [1.82, 2.24) is 0 Å². The first kappa shape index (κ1) is 24.9. The number of hydrogen-bond acceptors (Lipinski definition) is 8. The summed E-state index contributed by atoms with van der Waals surface area (Å²) in [5, 5.41) is 11.0. The molecule has 32 heavy (non-hydrogen) atoms. The highest BCUT2D eigenvalue weighted by molar-refractivity contribution is 6.33. The number of amides is 1. The van der Waals surface area contributed by atoms with Gasteiger partial charge >= 0.3 is 0 Å². The summed E-state index contributed by atoms with van der Waals surface area (Å²) < 4.78 is 21.6. The lowest BCUT2D eigenvalue weighted by molar-refractivity contribution is -0.126. The summed E-state index contributed by atoms with van der Waals surface area (Å²) in [6.45, 7) is 5.80. The Balaban J connectivity index is 2.37. The highest BCUT2D eigenvalue weighted by Crippen LogP contribution is 2.40. The summed E-state index contributed by atoms with van der Waals surface area (Å²) in [5.74, 6) is 0.274. The first-order valence-corrected chi connectivity index (χ1v) is 10.3. The van der Waals surface area contributed by atoms with Crippen LogP contribution in [0.4, 0.5) is 11.4 Å². The van der Waals surface area contributed by atoms with Crippen LogP contribution in [0.2, 0.25) is 5.02 Å². The largest absolute Gasteiger partial charge is 0.494 e. The van der Waals surface area contributed by atoms with Crippen molar-refractivity contribution < 1.29 is 28.5 Å². The molecule has 0 aromatic heterocycles. The number of ether oxygens (including phenoxy) is 4. The smallest absolute Gasteiger partial charge is 0.259 e. The number of nitrogens with zero attached hydrogens (tertiary/aromatic N) is 2. The van der Waals surface area contributed by atoms with Gasteiger partial charge in [0.2, 0.25) is 6.04 Å². The highest BCUT2D eigenvalue weighted by Gasteiger charge is 2.26. The van der Waals surface area contributed by atoms with E-state index < -0.39 is 17.7 Å². The maximum Gasteiger partial charge on any atom is 0.259 e. The van der Waals surface area contributed by atoms with Crippen LogP contribution in [0.3, 0.4) is 0 Å². The second-order valence-electron chi connectivity index (χ2n) is 6.37. The number of benzene rings is 2. The van der Waals surface area contributed by atoms with Crippen LogP contribution < -0.4 is 24.3 Å². The van der Waals surface area contributed by atoms with Gasteiger partial charge < -0.3 is 24.3 Å². The molecule has 0 fully saturated rings. The number of Topliss-reactive ketones (excluding diaryl/α,β-unsaturated/α-hetero) is 1. The van der Waals surface area contributed by atoms with E-state index in [1.807, 2.05) is 13.8 Å². The number of hydrogen-bond donors (Lipinski definition) is 1. The van der Waals surface area contributed by atoms with E-state index in [1.165, 1.54) is 21.1 Å². The van der Waals surface area contributed by atoms with Crippen LogP contribution in [0.15, 0.2) is 40.6 Å². The zero-order valence-electron chi connectivity index (χ0n) is 18.6. The van der Waals surface area contributed by atoms with Crippen molar-refractivity contribution in [3.8, 4) is 23.0 Å². The summed E-state index contributed by atoms with van der Waals surface area (Å²) in [6, 6.07) is 6.76. The van der Waals surface area contributed by atoms with E-state index >= 15 is 0 Å². The Kier molecular flexibility index (Phi) is 9.27. The molecule has 2 rings (SSSR count). The maximum atomic E-state index is 12.9. The van der Waals surface area contributed by atoms with E-state index in [4.69, 9.17) is 30.5 Å². The molecular weight excluding hydrogens is 438 g/mol. The van der Waals surface area contributed by atoms with Gasteiger partial charge in [0.05, 0.1) is 32.5 Å². The number of ketones is 1. The predicted molar refractivity (Wildman–Crippen MR) is 121 cm³/mol. The van der Waals surface area contributed by atoms with Crippen molar-refractivity contribution in [2.45, 2.75) is 26.8 Å². The Hall–Kier alpha value is -3.33. The standard InChI is InChI=1S/C22H26ClN3O6/c1-6-31-14-8-10-17(32-7-2)16(12-14)25-26-19(13(3)27)22(28)24-20-18(29-4)11-9-15(23)21(20)30-5/h8-12,19H,6-7H2,1-5H3,(H,24,28). The molecule has 1 amide bonds. The van der Waals surface area contributed by atoms with Crippen molar-refractivity contribution in [1.29, 1.82) is 0 Å². The Bertz CT molecular complexity index is 996. The molecule has 9 nitrogen and oxygen atoms in total. The third-order valence-corrected chi connectivity index (χ3v) is 4.50. The van der Waals surface area contributed by atoms with E-state index in [2.05, 4.69) is 15.5 Å². The molecule has 0 aliphatic rings. The second kappa shape index (κ2) is 11.9. The summed E-state index contributed by atoms with van der Waals surface area (Å²) in [6.07, 6.45) is 0. The monoisotopic (exact) mass is 463 g/mol. The molecule has 10 heteroatoms. The number of rotatable bonds is 11. The van der Waals surface area contributed by atoms with Crippen molar-refractivity contribution in [3.63, 3.8) is 0 Å². The first-order valence-electron chi connectivity index (χ1n) is 9.88. The number of azo groups is 1. The topological polar surface area (TPSA) is 108 Å². The summed E-state index contributed by atoms with van der Waals surface area (Å²) >= 11 is 6.15. The minimum atomic E-state index is -1.42. The molecule has 0 aliphatic carbocycles. The normalized spacial score (nSPS) is 11.7. The molecule has 0 radical (unpaired) electrons. The van der Waals surface area contributed by atoms with Gasteiger partial charge in [0.15, 0.2) is 11.5 Å². The zero-order valence-corrected chi connectivity index (χ0v) is 19.4. The SMILES string of the molecule is CCOc1ccc(OCC)c(N=NC(C(C)=O)C(=O)Nc2c(OC)ccc(Cl)c2OC)c1. The highest BCUT2D eigenvalue weighted by atomic mass is 35.5. The molecule has 2 aromatic rings. The Labute approximate surface area is 191 Å². The van der Waals surface area contributed by atoms with Gasteiger partial charge in [0, 0.05) is 6.07 Å². The number of nitrogens with one attached hydrogen (secondary N) is 1. The van der Waals surface area contributed by atoms with Crippen LogP contribution in [0.5, 0.6) is 23.0 Å². The number of halogens is 1. The number of carbonyl (C=O) groups excluding carboxylic acids is 2. The van der Waals surface area contributed by atoms with Gasteiger partial charge in [-0.05, 0) is 45.0 Å². The molecule has 0 spiro atoms. The van der Waals surface area contributed by atoms with Crippen LogP contribution in [0.25, 0.3) is 0 Å². The summed E-state index contributed by atoms with van der Waals surface area (Å²) in [7, 11) is 2.83. The van der Waals surface area contributed by atoms with Crippen molar-refractivity contribution in [2.24, 2.45) is 10.2 Å². The molecule has 1 unspecified atom stereocenters. The van der Waals surface area contributed by atoms with Gasteiger partial charge in [-0.2, -0.15) is 10.2 Å². The van der Waals surface area contributed by atoms with E-state index in [0.29, 0.717) is 36.1 Å². The van der Waals surface area contributed by atoms with Gasteiger partial charge in [-0.25, -0.2) is 0 Å². The van der Waals surface area contributed by atoms with Gasteiger partial charge in [0.25, 0.3) is 5.91 Å². The van der Waals surface area contributed by atoms with Crippen LogP contribution in [0, 0.1) is 0 Å². The minimum absolute atomic E-state index is 0.183. The molecule has 1 N–H and O–H groups in total. The Morgan fingerprint density at radius 3 is 2.31 bits per heavy atom. The van der Waals surface area contributed by atoms with E-state index in [1.54, 1.807) is 30.3 Å². The third kappa shape index (κ3) is 6.10. The Morgan fingerprint density at radius 2 is 1.72 bits per heavy atom. The van der Waals surface area contributed by atoms with Crippen molar-refractivity contribution in [3.05, 3.63) is 35.4 Å². The predicted octanol–water partition coefficient (Wildman–Crippen LogP) is 4.83. The molecule has 1 atom stereocenters. The van der Waals surface area contributed by atoms with Crippen LogP contribution >= 0.6 is 11.6 Å². The summed E-state index contributed by atoms with van der Waals surface area (Å²) in [4.78, 5) is 25.1. The van der Waals surface area contributed by atoms with Crippen molar-refractivity contribution in [2.75, 3.05) is 32.8 Å². The fraction of sp³-hybridized carbons (Fsp3) is 0.364. The number of methoxy groups -OCH3 is 2. The average molecular weight is 464 g/mol. The van der Waals surface area contributed by atoms with Gasteiger partial charge in [-0.1, -0.05) is 11.6 Å². The van der Waals surface area contributed by atoms with Crippen LogP contribution in [-0.4, -0.2) is 45.2 Å². The van der Waals surface area contributed by atoms with Gasteiger partial charge in [-0.3, -0.25) is 9.59 Å². The second-order valence-corrected chi connectivity index (χ2v) is 6.78. The molecule has 0 aliphatic heterocycles. The van der Waals surface area contributed by atoms with E-state index in [0.717, 1.165) is 0 Å². The molecule has 0 saturated heterocycles. The van der Waals surface area contributed by atoms with Gasteiger partial charge in [0.1, 0.15) is 28.6 Å². The zero-order chi connectivity index (χ0) is 23.7.